The van der Waals surface area contributed by atoms with Crippen molar-refractivity contribution in [3.05, 3.63) is 47.8 Å². The number of carbonyl (C=O) groups is 1. The Morgan fingerprint density at radius 1 is 1.22 bits per heavy atom. The SMILES string of the molecule is C=Cc1c(F)ccc2cc(OC(=O)OC(C)C)cc(C(C)C)c12. The first-order valence-corrected chi connectivity index (χ1v) is 7.60. The monoisotopic (exact) mass is 316 g/mol. The van der Waals surface area contributed by atoms with Crippen molar-refractivity contribution in [2.75, 3.05) is 0 Å². The fourth-order valence-electron chi connectivity index (χ4n) is 2.50. The second kappa shape index (κ2) is 6.82. The Morgan fingerprint density at radius 3 is 2.48 bits per heavy atom. The van der Waals surface area contributed by atoms with Gasteiger partial charge in [0, 0.05) is 5.56 Å². The molecular formula is C19H21FO3. The minimum absolute atomic E-state index is 0.127. The molecule has 0 amide bonds. The van der Waals surface area contributed by atoms with Gasteiger partial charge in [-0.3, -0.25) is 0 Å². The van der Waals surface area contributed by atoms with E-state index in [4.69, 9.17) is 9.47 Å². The van der Waals surface area contributed by atoms with Crippen LogP contribution in [0, 0.1) is 5.82 Å². The molecule has 0 unspecified atom stereocenters. The average molecular weight is 316 g/mol. The molecule has 0 aromatic heterocycles. The summed E-state index contributed by atoms with van der Waals surface area (Å²) in [6, 6.07) is 6.51. The molecule has 0 aliphatic heterocycles. The molecule has 0 spiro atoms. The third kappa shape index (κ3) is 3.70. The summed E-state index contributed by atoms with van der Waals surface area (Å²) in [5.41, 5.74) is 1.35. The predicted octanol–water partition coefficient (Wildman–Crippen LogP) is 5.67. The summed E-state index contributed by atoms with van der Waals surface area (Å²) in [5.74, 6) is 0.193. The van der Waals surface area contributed by atoms with Gasteiger partial charge in [-0.1, -0.05) is 32.6 Å². The van der Waals surface area contributed by atoms with E-state index < -0.39 is 6.16 Å². The van der Waals surface area contributed by atoms with Gasteiger partial charge in [0.05, 0.1) is 6.10 Å². The lowest BCUT2D eigenvalue weighted by molar-refractivity contribution is 0.0729. The first-order valence-electron chi connectivity index (χ1n) is 7.60. The molecule has 2 aromatic rings. The molecule has 2 aromatic carbocycles. The number of fused-ring (bicyclic) bond motifs is 1. The highest BCUT2D eigenvalue weighted by atomic mass is 19.1. The number of carbonyl (C=O) groups excluding carboxylic acids is 1. The number of hydrogen-bond donors (Lipinski definition) is 0. The van der Waals surface area contributed by atoms with E-state index in [0.29, 0.717) is 11.3 Å². The smallest absolute Gasteiger partial charge is 0.431 e. The number of halogens is 1. The Balaban J connectivity index is 2.57. The Labute approximate surface area is 135 Å². The molecule has 0 radical (unpaired) electrons. The van der Waals surface area contributed by atoms with Gasteiger partial charge < -0.3 is 9.47 Å². The predicted molar refractivity (Wildman–Crippen MR) is 90.3 cm³/mol. The van der Waals surface area contributed by atoms with Crippen LogP contribution in [-0.2, 0) is 4.74 Å². The largest absolute Gasteiger partial charge is 0.514 e. The lowest BCUT2D eigenvalue weighted by atomic mass is 9.92. The Bertz CT molecular complexity index is 748. The molecule has 4 heteroatoms. The third-order valence-electron chi connectivity index (χ3n) is 3.47. The maximum absolute atomic E-state index is 14.0. The number of rotatable bonds is 4. The molecule has 3 nitrogen and oxygen atoms in total. The molecular weight excluding hydrogens is 295 g/mol. The fraction of sp³-hybridized carbons (Fsp3) is 0.316. The normalized spacial score (nSPS) is 11.1. The summed E-state index contributed by atoms with van der Waals surface area (Å²) in [4.78, 5) is 11.7. The highest BCUT2D eigenvalue weighted by Crippen LogP contribution is 2.34. The second-order valence-electron chi connectivity index (χ2n) is 5.95. The molecule has 0 N–H and O–H groups in total. The zero-order valence-corrected chi connectivity index (χ0v) is 13.9. The zero-order chi connectivity index (χ0) is 17.1. The molecule has 0 saturated carbocycles. The minimum atomic E-state index is -0.750. The van der Waals surface area contributed by atoms with Crippen molar-refractivity contribution < 1.29 is 18.7 Å². The molecule has 23 heavy (non-hydrogen) atoms. The van der Waals surface area contributed by atoms with E-state index in [2.05, 4.69) is 6.58 Å². The van der Waals surface area contributed by atoms with Gasteiger partial charge in [-0.25, -0.2) is 9.18 Å². The van der Waals surface area contributed by atoms with Crippen molar-refractivity contribution in [1.29, 1.82) is 0 Å². The quantitative estimate of drug-likeness (QED) is 0.538. The van der Waals surface area contributed by atoms with Gasteiger partial charge in [0.15, 0.2) is 0 Å². The van der Waals surface area contributed by atoms with Crippen LogP contribution in [-0.4, -0.2) is 12.3 Å². The Kier molecular flexibility index (Phi) is 5.04. The standard InChI is InChI=1S/C19H21FO3/c1-6-15-17(20)8-7-13-9-14(23-19(21)22-12(4)5)10-16(11(2)3)18(13)15/h6-12H,1H2,2-5H3. The average Bonchev–Trinajstić information content (AvgIpc) is 2.45. The maximum Gasteiger partial charge on any atom is 0.514 e. The molecule has 0 fully saturated rings. The van der Waals surface area contributed by atoms with Gasteiger partial charge in [0.2, 0.25) is 0 Å². The lowest BCUT2D eigenvalue weighted by Gasteiger charge is -2.16. The van der Waals surface area contributed by atoms with E-state index >= 15 is 0 Å². The first-order chi connectivity index (χ1) is 10.8. The number of hydrogen-bond acceptors (Lipinski definition) is 3. The number of benzene rings is 2. The lowest BCUT2D eigenvalue weighted by Crippen LogP contribution is -2.15. The summed E-state index contributed by atoms with van der Waals surface area (Å²) in [6.07, 6.45) is 0.506. The van der Waals surface area contributed by atoms with Gasteiger partial charge >= 0.3 is 6.16 Å². The Hall–Kier alpha value is -2.36. The summed E-state index contributed by atoms with van der Waals surface area (Å²) < 4.78 is 24.3. The highest BCUT2D eigenvalue weighted by Gasteiger charge is 2.16. The van der Waals surface area contributed by atoms with Gasteiger partial charge in [-0.15, -0.1) is 0 Å². The van der Waals surface area contributed by atoms with Crippen molar-refractivity contribution in [3.63, 3.8) is 0 Å². The van der Waals surface area contributed by atoms with Crippen LogP contribution in [0.4, 0.5) is 9.18 Å². The first kappa shape index (κ1) is 17.0. The van der Waals surface area contributed by atoms with E-state index in [9.17, 15) is 9.18 Å². The van der Waals surface area contributed by atoms with Crippen LogP contribution in [0.5, 0.6) is 5.75 Å². The topological polar surface area (TPSA) is 35.5 Å². The molecule has 0 aliphatic carbocycles. The van der Waals surface area contributed by atoms with Gasteiger partial charge in [-0.05, 0) is 54.3 Å². The summed E-state index contributed by atoms with van der Waals surface area (Å²) >= 11 is 0. The van der Waals surface area contributed by atoms with Crippen molar-refractivity contribution in [1.82, 2.24) is 0 Å². The molecule has 2 rings (SSSR count). The summed E-state index contributed by atoms with van der Waals surface area (Å²) in [5, 5.41) is 1.58. The van der Waals surface area contributed by atoms with Crippen LogP contribution < -0.4 is 4.74 Å². The Morgan fingerprint density at radius 2 is 1.91 bits per heavy atom. The van der Waals surface area contributed by atoms with Crippen LogP contribution >= 0.6 is 0 Å². The van der Waals surface area contributed by atoms with Crippen molar-refractivity contribution >= 4 is 23.0 Å². The van der Waals surface area contributed by atoms with Crippen LogP contribution in [0.25, 0.3) is 16.8 Å². The summed E-state index contributed by atoms with van der Waals surface area (Å²) in [7, 11) is 0. The maximum atomic E-state index is 14.0. The molecule has 0 atom stereocenters. The van der Waals surface area contributed by atoms with E-state index in [-0.39, 0.29) is 17.8 Å². The van der Waals surface area contributed by atoms with Crippen molar-refractivity contribution in [3.8, 4) is 5.75 Å². The molecule has 122 valence electrons. The second-order valence-corrected chi connectivity index (χ2v) is 5.95. The van der Waals surface area contributed by atoms with E-state index in [1.54, 1.807) is 32.0 Å². The molecule has 0 heterocycles. The van der Waals surface area contributed by atoms with Gasteiger partial charge in [0.1, 0.15) is 11.6 Å². The van der Waals surface area contributed by atoms with Crippen LogP contribution in [0.2, 0.25) is 0 Å². The van der Waals surface area contributed by atoms with E-state index in [1.807, 2.05) is 13.8 Å². The highest BCUT2D eigenvalue weighted by molar-refractivity contribution is 5.95. The molecule has 0 saturated heterocycles. The molecule has 0 bridgehead atoms. The van der Waals surface area contributed by atoms with Gasteiger partial charge in [-0.2, -0.15) is 0 Å². The van der Waals surface area contributed by atoms with Crippen LogP contribution in [0.15, 0.2) is 30.8 Å². The van der Waals surface area contributed by atoms with E-state index in [0.717, 1.165) is 16.3 Å². The summed E-state index contributed by atoms with van der Waals surface area (Å²) in [6.45, 7) is 11.2. The van der Waals surface area contributed by atoms with Gasteiger partial charge in [0.25, 0.3) is 0 Å². The third-order valence-corrected chi connectivity index (χ3v) is 3.47. The van der Waals surface area contributed by atoms with E-state index in [1.165, 1.54) is 12.1 Å². The molecule has 0 aliphatic rings. The number of ether oxygens (including phenoxy) is 2. The fourth-order valence-corrected chi connectivity index (χ4v) is 2.50. The van der Waals surface area contributed by atoms with Crippen LogP contribution in [0.1, 0.15) is 44.7 Å². The van der Waals surface area contributed by atoms with Crippen LogP contribution in [0.3, 0.4) is 0 Å². The van der Waals surface area contributed by atoms with Crippen molar-refractivity contribution in [2.45, 2.75) is 39.7 Å². The van der Waals surface area contributed by atoms with Crippen molar-refractivity contribution in [2.24, 2.45) is 0 Å². The zero-order valence-electron chi connectivity index (χ0n) is 13.9. The minimum Gasteiger partial charge on any atom is -0.431 e.